The Morgan fingerprint density at radius 3 is 1.14 bits per heavy atom. The van der Waals surface area contributed by atoms with Crippen LogP contribution >= 0.6 is 0 Å². The number of aromatic carboxylic acids is 2. The summed E-state index contributed by atoms with van der Waals surface area (Å²) in [6.45, 7) is 11.8. The van der Waals surface area contributed by atoms with E-state index in [2.05, 4.69) is 0 Å². The third-order valence-corrected chi connectivity index (χ3v) is 4.16. The van der Waals surface area contributed by atoms with Gasteiger partial charge in [0.1, 0.15) is 0 Å². The van der Waals surface area contributed by atoms with E-state index >= 15 is 0 Å². The van der Waals surface area contributed by atoms with Crippen molar-refractivity contribution < 1.29 is 49.5 Å². The van der Waals surface area contributed by atoms with Crippen LogP contribution in [0.5, 0.6) is 11.5 Å². The first-order valence-electron chi connectivity index (χ1n) is 8.74. The Bertz CT molecular complexity index is 802. The number of benzene rings is 2. The normalized spacial score (nSPS) is 11.0. The second kappa shape index (κ2) is 9.88. The van der Waals surface area contributed by atoms with Gasteiger partial charge in [0.25, 0.3) is 0 Å². The SMILES string of the molecule is CC(C)(C)c1ccc(C(=O)O)c([O-])c1.CC(C)(C)c1ccc(C(=O)O)c([O-])c1.[Zn+2]. The molecule has 0 fully saturated rings. The number of rotatable bonds is 2. The van der Waals surface area contributed by atoms with Crippen LogP contribution in [0.15, 0.2) is 36.4 Å². The molecule has 0 saturated heterocycles. The monoisotopic (exact) mass is 450 g/mol. The maximum Gasteiger partial charge on any atom is 2.00 e. The Morgan fingerprint density at radius 2 is 0.966 bits per heavy atom. The summed E-state index contributed by atoms with van der Waals surface area (Å²) in [6, 6.07) is 8.89. The van der Waals surface area contributed by atoms with E-state index in [4.69, 9.17) is 10.2 Å². The van der Waals surface area contributed by atoms with E-state index in [0.717, 1.165) is 11.1 Å². The van der Waals surface area contributed by atoms with Crippen LogP contribution in [0, 0.1) is 0 Å². The van der Waals surface area contributed by atoms with Crippen LogP contribution in [0.2, 0.25) is 0 Å². The molecule has 0 unspecified atom stereocenters. The molecule has 2 aromatic carbocycles. The first kappa shape index (κ1) is 26.6. The van der Waals surface area contributed by atoms with E-state index in [9.17, 15) is 19.8 Å². The van der Waals surface area contributed by atoms with Gasteiger partial charge < -0.3 is 20.4 Å². The van der Waals surface area contributed by atoms with Gasteiger partial charge >= 0.3 is 31.4 Å². The van der Waals surface area contributed by atoms with Gasteiger partial charge in [-0.15, -0.1) is 0 Å². The quantitative estimate of drug-likeness (QED) is 0.674. The zero-order chi connectivity index (χ0) is 21.9. The molecule has 0 atom stereocenters. The van der Waals surface area contributed by atoms with Gasteiger partial charge in [-0.2, -0.15) is 0 Å². The summed E-state index contributed by atoms with van der Waals surface area (Å²) in [7, 11) is 0. The van der Waals surface area contributed by atoms with Crippen LogP contribution in [0.25, 0.3) is 0 Å². The number of carboxylic acid groups (broad SMARTS) is 2. The number of hydrogen-bond donors (Lipinski definition) is 2. The van der Waals surface area contributed by atoms with Crippen LogP contribution in [0.4, 0.5) is 0 Å². The Balaban J connectivity index is 0.000000523. The molecule has 0 bridgehead atoms. The Labute approximate surface area is 184 Å². The summed E-state index contributed by atoms with van der Waals surface area (Å²) in [5.74, 6) is -3.19. The van der Waals surface area contributed by atoms with Crippen LogP contribution in [-0.4, -0.2) is 22.2 Å². The summed E-state index contributed by atoms with van der Waals surface area (Å²) < 4.78 is 0. The molecule has 0 aliphatic carbocycles. The third kappa shape index (κ3) is 7.50. The minimum atomic E-state index is -1.17. The average Bonchev–Trinajstić information content (AvgIpc) is 2.52. The topological polar surface area (TPSA) is 121 Å². The summed E-state index contributed by atoms with van der Waals surface area (Å²) >= 11 is 0. The van der Waals surface area contributed by atoms with Crippen LogP contribution in [0.1, 0.15) is 73.4 Å². The molecule has 0 amide bonds. The molecule has 0 aromatic heterocycles. The minimum Gasteiger partial charge on any atom is -0.872 e. The van der Waals surface area contributed by atoms with Crippen LogP contribution in [0.3, 0.4) is 0 Å². The molecule has 6 nitrogen and oxygen atoms in total. The van der Waals surface area contributed by atoms with Crippen molar-refractivity contribution in [3.05, 3.63) is 58.7 Å². The molecule has 2 N–H and O–H groups in total. The van der Waals surface area contributed by atoms with Gasteiger partial charge in [0.15, 0.2) is 0 Å². The molecule has 2 rings (SSSR count). The predicted octanol–water partition coefficient (Wildman–Crippen LogP) is 3.51. The summed E-state index contributed by atoms with van der Waals surface area (Å²) in [5.41, 5.74) is 1.11. The standard InChI is InChI=1S/2C11H14O3.Zn/c2*1-11(2,3)7-4-5-8(10(13)14)9(12)6-7;/h2*4-6,12H,1-3H3,(H,13,14);/q;;+2/p-2. The molecule has 0 radical (unpaired) electrons. The fraction of sp³-hybridized carbons (Fsp3) is 0.364. The van der Waals surface area contributed by atoms with Crippen molar-refractivity contribution >= 4 is 11.9 Å². The molecule has 0 aliphatic heterocycles. The van der Waals surface area contributed by atoms with Gasteiger partial charge in [0, 0.05) is 0 Å². The van der Waals surface area contributed by atoms with E-state index in [1.54, 1.807) is 12.1 Å². The Morgan fingerprint density at radius 1 is 0.690 bits per heavy atom. The van der Waals surface area contributed by atoms with E-state index < -0.39 is 23.4 Å². The van der Waals surface area contributed by atoms with Gasteiger partial charge in [0.05, 0.1) is 11.1 Å². The molecule has 0 aliphatic rings. The van der Waals surface area contributed by atoms with Crippen molar-refractivity contribution in [3.8, 4) is 11.5 Å². The van der Waals surface area contributed by atoms with E-state index in [0.29, 0.717) is 0 Å². The maximum absolute atomic E-state index is 11.3. The minimum absolute atomic E-state index is 0. The molecule has 2 aromatic rings. The smallest absolute Gasteiger partial charge is 0.872 e. The zero-order valence-electron chi connectivity index (χ0n) is 17.7. The summed E-state index contributed by atoms with van der Waals surface area (Å²) in [5, 5.41) is 40.0. The Hall–Kier alpha value is -2.40. The first-order chi connectivity index (χ1) is 12.6. The predicted molar refractivity (Wildman–Crippen MR) is 103 cm³/mol. The van der Waals surface area contributed by atoms with Crippen LogP contribution < -0.4 is 10.2 Å². The largest absolute Gasteiger partial charge is 2.00 e. The van der Waals surface area contributed by atoms with Gasteiger partial charge in [-0.1, -0.05) is 77.3 Å². The molecule has 29 heavy (non-hydrogen) atoms. The average molecular weight is 452 g/mol. The fourth-order valence-corrected chi connectivity index (χ4v) is 2.33. The molecular weight excluding hydrogens is 426 g/mol. The van der Waals surface area contributed by atoms with Crippen molar-refractivity contribution in [1.82, 2.24) is 0 Å². The van der Waals surface area contributed by atoms with Gasteiger partial charge in [0.2, 0.25) is 0 Å². The molecular formula is C22H26O6Zn. The first-order valence-corrected chi connectivity index (χ1v) is 8.74. The van der Waals surface area contributed by atoms with E-state index in [1.807, 2.05) is 41.5 Å². The molecule has 0 spiro atoms. The van der Waals surface area contributed by atoms with Crippen molar-refractivity contribution in [3.63, 3.8) is 0 Å². The zero-order valence-corrected chi connectivity index (χ0v) is 20.7. The van der Waals surface area contributed by atoms with Gasteiger partial charge in [-0.25, -0.2) is 9.59 Å². The molecule has 152 valence electrons. The number of carbonyl (C=O) groups is 2. The third-order valence-electron chi connectivity index (χ3n) is 4.16. The number of hydrogen-bond acceptors (Lipinski definition) is 4. The molecule has 0 heterocycles. The van der Waals surface area contributed by atoms with Crippen molar-refractivity contribution in [1.29, 1.82) is 0 Å². The van der Waals surface area contributed by atoms with Crippen molar-refractivity contribution in [2.24, 2.45) is 0 Å². The second-order valence-electron chi connectivity index (χ2n) is 8.53. The van der Waals surface area contributed by atoms with Crippen LogP contribution in [-0.2, 0) is 30.3 Å². The van der Waals surface area contributed by atoms with Gasteiger partial charge in [-0.05, 0) is 34.1 Å². The number of carboxylic acids is 2. The summed E-state index contributed by atoms with van der Waals surface area (Å²) in [4.78, 5) is 21.2. The molecule has 7 heteroatoms. The maximum atomic E-state index is 11.3. The fourth-order valence-electron chi connectivity index (χ4n) is 2.33. The van der Waals surface area contributed by atoms with E-state index in [-0.39, 0.29) is 41.4 Å². The van der Waals surface area contributed by atoms with Crippen molar-refractivity contribution in [2.75, 3.05) is 0 Å². The van der Waals surface area contributed by atoms with E-state index in [1.165, 1.54) is 24.3 Å². The van der Waals surface area contributed by atoms with Gasteiger partial charge in [-0.3, -0.25) is 0 Å². The second-order valence-corrected chi connectivity index (χ2v) is 8.53. The molecule has 0 saturated carbocycles. The Kier molecular flexibility index (Phi) is 9.06. The summed E-state index contributed by atoms with van der Waals surface area (Å²) in [6.07, 6.45) is 0. The van der Waals surface area contributed by atoms with Crippen molar-refractivity contribution in [2.45, 2.75) is 52.4 Å².